The van der Waals surface area contributed by atoms with Crippen molar-refractivity contribution in [3.63, 3.8) is 0 Å². The summed E-state index contributed by atoms with van der Waals surface area (Å²) in [5, 5.41) is 0. The van der Waals surface area contributed by atoms with Crippen LogP contribution in [0.3, 0.4) is 0 Å². The Balaban J connectivity index is 2.93. The highest BCUT2D eigenvalue weighted by Gasteiger charge is 2.03. The zero-order valence-corrected chi connectivity index (χ0v) is 7.08. The first-order chi connectivity index (χ1) is 5.77. The van der Waals surface area contributed by atoms with Crippen LogP contribution in [0.2, 0.25) is 0 Å². The van der Waals surface area contributed by atoms with E-state index in [4.69, 9.17) is 5.73 Å². The van der Waals surface area contributed by atoms with E-state index in [1.54, 1.807) is 12.1 Å². The monoisotopic (exact) mass is 164 g/mol. The molecule has 0 aliphatic heterocycles. The zero-order chi connectivity index (χ0) is 8.97. The van der Waals surface area contributed by atoms with E-state index in [0.29, 0.717) is 18.7 Å². The van der Waals surface area contributed by atoms with E-state index >= 15 is 0 Å². The van der Waals surface area contributed by atoms with Gasteiger partial charge in [-0.1, -0.05) is 13.0 Å². The van der Waals surface area contributed by atoms with Gasteiger partial charge in [-0.15, -0.1) is 0 Å². The van der Waals surface area contributed by atoms with Crippen LogP contribution in [0.15, 0.2) is 18.2 Å². The van der Waals surface area contributed by atoms with Crippen LogP contribution in [-0.4, -0.2) is 10.8 Å². The summed E-state index contributed by atoms with van der Waals surface area (Å²) in [6, 6.07) is 5.33. The first kappa shape index (κ1) is 8.87. The number of carbonyl (C=O) groups is 1. The molecule has 0 aromatic carbocycles. The lowest BCUT2D eigenvalue weighted by Crippen LogP contribution is -2.05. The highest BCUT2D eigenvalue weighted by atomic mass is 16.1. The minimum Gasteiger partial charge on any atom is -0.325 e. The minimum atomic E-state index is 0.0605. The van der Waals surface area contributed by atoms with Crippen LogP contribution in [0.25, 0.3) is 0 Å². The third-order valence-electron chi connectivity index (χ3n) is 1.62. The van der Waals surface area contributed by atoms with Crippen LogP contribution < -0.4 is 5.73 Å². The Bertz CT molecular complexity index is 284. The van der Waals surface area contributed by atoms with Crippen molar-refractivity contribution in [3.8, 4) is 0 Å². The SMILES string of the molecule is CCC(=O)c1cccc(CN)n1. The summed E-state index contributed by atoms with van der Waals surface area (Å²) in [7, 11) is 0. The van der Waals surface area contributed by atoms with E-state index in [2.05, 4.69) is 4.98 Å². The normalized spacial score (nSPS) is 9.83. The van der Waals surface area contributed by atoms with Crippen LogP contribution in [-0.2, 0) is 6.54 Å². The Kier molecular flexibility index (Phi) is 2.94. The molecule has 3 heteroatoms. The molecule has 0 fully saturated rings. The lowest BCUT2D eigenvalue weighted by Gasteiger charge is -1.99. The van der Waals surface area contributed by atoms with E-state index < -0.39 is 0 Å². The Hall–Kier alpha value is -1.22. The van der Waals surface area contributed by atoms with Gasteiger partial charge in [0.15, 0.2) is 5.78 Å². The summed E-state index contributed by atoms with van der Waals surface area (Å²) >= 11 is 0. The number of rotatable bonds is 3. The van der Waals surface area contributed by atoms with E-state index in [1.807, 2.05) is 13.0 Å². The van der Waals surface area contributed by atoms with Crippen molar-refractivity contribution < 1.29 is 4.79 Å². The van der Waals surface area contributed by atoms with Crippen molar-refractivity contribution in [1.29, 1.82) is 0 Å². The number of aromatic nitrogens is 1. The summed E-state index contributed by atoms with van der Waals surface area (Å²) < 4.78 is 0. The van der Waals surface area contributed by atoms with Crippen LogP contribution in [0.5, 0.6) is 0 Å². The second-order valence-electron chi connectivity index (χ2n) is 2.50. The number of hydrogen-bond donors (Lipinski definition) is 1. The molecular formula is C9H12N2O. The number of nitrogens with two attached hydrogens (primary N) is 1. The summed E-state index contributed by atoms with van der Waals surface area (Å²) in [6.45, 7) is 2.20. The summed E-state index contributed by atoms with van der Waals surface area (Å²) in [4.78, 5) is 15.3. The van der Waals surface area contributed by atoms with E-state index in [9.17, 15) is 4.79 Å². The molecule has 12 heavy (non-hydrogen) atoms. The summed E-state index contributed by atoms with van der Waals surface area (Å²) in [5.74, 6) is 0.0605. The topological polar surface area (TPSA) is 56.0 Å². The van der Waals surface area contributed by atoms with Crippen LogP contribution >= 0.6 is 0 Å². The maximum absolute atomic E-state index is 11.2. The lowest BCUT2D eigenvalue weighted by atomic mass is 10.2. The average Bonchev–Trinajstić information content (AvgIpc) is 2.17. The Labute approximate surface area is 71.6 Å². The Morgan fingerprint density at radius 2 is 2.33 bits per heavy atom. The van der Waals surface area contributed by atoms with Gasteiger partial charge in [0.1, 0.15) is 5.69 Å². The molecule has 0 atom stereocenters. The first-order valence-electron chi connectivity index (χ1n) is 3.97. The smallest absolute Gasteiger partial charge is 0.180 e. The quantitative estimate of drug-likeness (QED) is 0.681. The number of pyridine rings is 1. The predicted molar refractivity (Wildman–Crippen MR) is 46.7 cm³/mol. The van der Waals surface area contributed by atoms with Crippen molar-refractivity contribution >= 4 is 5.78 Å². The molecule has 2 N–H and O–H groups in total. The number of carbonyl (C=O) groups excluding carboxylic acids is 1. The number of nitrogens with zero attached hydrogens (tertiary/aromatic N) is 1. The highest BCUT2D eigenvalue weighted by molar-refractivity contribution is 5.93. The van der Waals surface area contributed by atoms with Gasteiger partial charge in [0.2, 0.25) is 0 Å². The Morgan fingerprint density at radius 3 is 2.92 bits per heavy atom. The average molecular weight is 164 g/mol. The standard InChI is InChI=1S/C9H12N2O/c1-2-9(12)8-5-3-4-7(6-10)11-8/h3-5H,2,6,10H2,1H3. The van der Waals surface area contributed by atoms with Crippen molar-refractivity contribution in [2.75, 3.05) is 0 Å². The molecule has 0 bridgehead atoms. The molecule has 0 saturated heterocycles. The van der Waals surface area contributed by atoms with Gasteiger partial charge in [-0.25, -0.2) is 4.98 Å². The largest absolute Gasteiger partial charge is 0.325 e. The molecule has 0 spiro atoms. The maximum atomic E-state index is 11.2. The lowest BCUT2D eigenvalue weighted by molar-refractivity contribution is 0.0983. The van der Waals surface area contributed by atoms with Gasteiger partial charge >= 0.3 is 0 Å². The molecule has 0 saturated carbocycles. The van der Waals surface area contributed by atoms with Crippen molar-refractivity contribution in [1.82, 2.24) is 4.98 Å². The molecule has 0 amide bonds. The van der Waals surface area contributed by atoms with E-state index in [0.717, 1.165) is 5.69 Å². The molecule has 3 nitrogen and oxygen atoms in total. The molecule has 1 rings (SSSR count). The van der Waals surface area contributed by atoms with Gasteiger partial charge in [0.05, 0.1) is 5.69 Å². The van der Waals surface area contributed by atoms with Gasteiger partial charge in [0.25, 0.3) is 0 Å². The van der Waals surface area contributed by atoms with Gasteiger partial charge in [0, 0.05) is 13.0 Å². The van der Waals surface area contributed by atoms with Gasteiger partial charge in [-0.2, -0.15) is 0 Å². The number of Topliss-reactive ketones (excluding diaryl/α,β-unsaturated/α-hetero) is 1. The first-order valence-corrected chi connectivity index (χ1v) is 3.97. The highest BCUT2D eigenvalue weighted by Crippen LogP contribution is 2.01. The fourth-order valence-corrected chi connectivity index (χ4v) is 0.930. The predicted octanol–water partition coefficient (Wildman–Crippen LogP) is 1.13. The molecule has 1 aromatic heterocycles. The third kappa shape index (κ3) is 1.89. The van der Waals surface area contributed by atoms with Crippen molar-refractivity contribution in [3.05, 3.63) is 29.6 Å². The fraction of sp³-hybridized carbons (Fsp3) is 0.333. The van der Waals surface area contributed by atoms with Crippen LogP contribution in [0.1, 0.15) is 29.5 Å². The molecule has 64 valence electrons. The molecule has 1 aromatic rings. The molecule has 0 unspecified atom stereocenters. The third-order valence-corrected chi connectivity index (χ3v) is 1.62. The van der Waals surface area contributed by atoms with Gasteiger partial charge in [-0.05, 0) is 12.1 Å². The fourth-order valence-electron chi connectivity index (χ4n) is 0.930. The van der Waals surface area contributed by atoms with E-state index in [1.165, 1.54) is 0 Å². The second kappa shape index (κ2) is 3.97. The molecule has 0 radical (unpaired) electrons. The minimum absolute atomic E-state index is 0.0605. The van der Waals surface area contributed by atoms with Crippen LogP contribution in [0, 0.1) is 0 Å². The van der Waals surface area contributed by atoms with E-state index in [-0.39, 0.29) is 5.78 Å². The van der Waals surface area contributed by atoms with Crippen LogP contribution in [0.4, 0.5) is 0 Å². The molecule has 0 aliphatic carbocycles. The number of ketones is 1. The van der Waals surface area contributed by atoms with Crippen molar-refractivity contribution in [2.24, 2.45) is 5.73 Å². The summed E-state index contributed by atoms with van der Waals surface area (Å²) in [6.07, 6.45) is 0.487. The maximum Gasteiger partial charge on any atom is 0.180 e. The Morgan fingerprint density at radius 1 is 1.58 bits per heavy atom. The van der Waals surface area contributed by atoms with Gasteiger partial charge in [-0.3, -0.25) is 4.79 Å². The molecular weight excluding hydrogens is 152 g/mol. The van der Waals surface area contributed by atoms with Gasteiger partial charge < -0.3 is 5.73 Å². The zero-order valence-electron chi connectivity index (χ0n) is 7.08. The van der Waals surface area contributed by atoms with Crippen molar-refractivity contribution in [2.45, 2.75) is 19.9 Å². The summed E-state index contributed by atoms with van der Waals surface area (Å²) in [5.41, 5.74) is 6.66. The number of hydrogen-bond acceptors (Lipinski definition) is 3. The second-order valence-corrected chi connectivity index (χ2v) is 2.50. The molecule has 0 aliphatic rings. The molecule has 1 heterocycles.